The Morgan fingerprint density at radius 1 is 0.312 bits per heavy atom. The molecule has 0 bridgehead atoms. The summed E-state index contributed by atoms with van der Waals surface area (Å²) >= 11 is 1.88. The Hall–Kier alpha value is -7.76. The molecule has 0 saturated carbocycles. The molecular formula is C60H40N2SSi. The van der Waals surface area contributed by atoms with Crippen molar-refractivity contribution in [2.24, 2.45) is 0 Å². The van der Waals surface area contributed by atoms with Crippen molar-refractivity contribution in [2.75, 3.05) is 0 Å². The van der Waals surface area contributed by atoms with Crippen molar-refractivity contribution in [1.82, 2.24) is 9.13 Å². The molecule has 13 rings (SSSR count). The summed E-state index contributed by atoms with van der Waals surface area (Å²) in [5.41, 5.74) is 9.58. The highest BCUT2D eigenvalue weighted by atomic mass is 32.1. The summed E-state index contributed by atoms with van der Waals surface area (Å²) in [6, 6.07) is 90.4. The third kappa shape index (κ3) is 5.43. The van der Waals surface area contributed by atoms with Crippen LogP contribution in [0.4, 0.5) is 0 Å². The number of hydrogen-bond acceptors (Lipinski definition) is 1. The molecule has 3 aromatic heterocycles. The summed E-state index contributed by atoms with van der Waals surface area (Å²) in [5, 5.41) is 13.1. The van der Waals surface area contributed by atoms with Crippen LogP contribution in [0.25, 0.3) is 86.3 Å². The Morgan fingerprint density at radius 3 is 1.50 bits per heavy atom. The van der Waals surface area contributed by atoms with E-state index < -0.39 is 8.07 Å². The van der Waals surface area contributed by atoms with Gasteiger partial charge in [-0.05, 0) is 86.5 Å². The second-order valence-corrected chi connectivity index (χ2v) is 21.7. The summed E-state index contributed by atoms with van der Waals surface area (Å²) in [6.45, 7) is 0. The van der Waals surface area contributed by atoms with Gasteiger partial charge in [-0.3, -0.25) is 0 Å². The van der Waals surface area contributed by atoms with Gasteiger partial charge in [-0.25, -0.2) is 0 Å². The number of aromatic nitrogens is 2. The number of thiophene rings is 1. The zero-order valence-corrected chi connectivity index (χ0v) is 36.7. The van der Waals surface area contributed by atoms with Gasteiger partial charge in [0.2, 0.25) is 0 Å². The van der Waals surface area contributed by atoms with Crippen LogP contribution in [0.3, 0.4) is 0 Å². The lowest BCUT2D eigenvalue weighted by atomic mass is 9.98. The maximum atomic E-state index is 2.51. The van der Waals surface area contributed by atoms with Gasteiger partial charge in [0.25, 0.3) is 0 Å². The molecule has 0 radical (unpaired) electrons. The zero-order valence-electron chi connectivity index (χ0n) is 34.9. The number of nitrogens with zero attached hydrogens (tertiary/aromatic N) is 2. The van der Waals surface area contributed by atoms with Gasteiger partial charge in [-0.15, -0.1) is 11.3 Å². The van der Waals surface area contributed by atoms with Crippen LogP contribution < -0.4 is 20.7 Å². The van der Waals surface area contributed by atoms with Gasteiger partial charge < -0.3 is 9.13 Å². The molecule has 0 atom stereocenters. The quantitative estimate of drug-likeness (QED) is 0.112. The van der Waals surface area contributed by atoms with Gasteiger partial charge in [-0.2, -0.15) is 0 Å². The fourth-order valence-corrected chi connectivity index (χ4v) is 16.8. The lowest BCUT2D eigenvalue weighted by Gasteiger charge is -2.34. The summed E-state index contributed by atoms with van der Waals surface area (Å²) in [4.78, 5) is 0. The molecule has 0 spiro atoms. The Kier molecular flexibility index (Phi) is 8.45. The van der Waals surface area contributed by atoms with E-state index in [1.54, 1.807) is 0 Å². The van der Waals surface area contributed by atoms with Gasteiger partial charge in [0.05, 0.1) is 27.8 Å². The lowest BCUT2D eigenvalue weighted by Crippen LogP contribution is -2.74. The van der Waals surface area contributed by atoms with E-state index >= 15 is 0 Å². The van der Waals surface area contributed by atoms with Crippen LogP contribution in [0, 0.1) is 0 Å². The normalized spacial score (nSPS) is 12.1. The van der Waals surface area contributed by atoms with E-state index in [-0.39, 0.29) is 0 Å². The average Bonchev–Trinajstić information content (AvgIpc) is 4.03. The van der Waals surface area contributed by atoms with E-state index in [4.69, 9.17) is 0 Å². The molecule has 4 heteroatoms. The molecule has 0 saturated heterocycles. The molecule has 0 aliphatic heterocycles. The molecule has 0 aliphatic carbocycles. The fourth-order valence-electron chi connectivity index (χ4n) is 10.8. The Bertz CT molecular complexity index is 3800. The van der Waals surface area contributed by atoms with Crippen molar-refractivity contribution >= 4 is 104 Å². The molecule has 64 heavy (non-hydrogen) atoms. The van der Waals surface area contributed by atoms with Gasteiger partial charge in [0, 0.05) is 47.4 Å². The van der Waals surface area contributed by atoms with Crippen molar-refractivity contribution in [3.8, 4) is 22.5 Å². The van der Waals surface area contributed by atoms with Crippen LogP contribution in [0.5, 0.6) is 0 Å². The fraction of sp³-hybridized carbons (Fsp3) is 0. The monoisotopic (exact) mass is 848 g/mol. The van der Waals surface area contributed by atoms with E-state index in [0.717, 1.165) is 5.69 Å². The third-order valence-electron chi connectivity index (χ3n) is 13.5. The largest absolute Gasteiger partial charge is 0.309 e. The average molecular weight is 849 g/mol. The Balaban J connectivity index is 1.05. The van der Waals surface area contributed by atoms with Crippen molar-refractivity contribution in [2.45, 2.75) is 0 Å². The van der Waals surface area contributed by atoms with Crippen LogP contribution in [0.1, 0.15) is 0 Å². The summed E-state index contributed by atoms with van der Waals surface area (Å²) in [6.07, 6.45) is 0. The molecule has 0 unspecified atom stereocenters. The highest BCUT2D eigenvalue weighted by Crippen LogP contribution is 2.44. The minimum Gasteiger partial charge on any atom is -0.309 e. The van der Waals surface area contributed by atoms with Gasteiger partial charge in [-0.1, -0.05) is 188 Å². The first-order chi connectivity index (χ1) is 31.8. The molecule has 300 valence electrons. The number of hydrogen-bond donors (Lipinski definition) is 0. The zero-order chi connectivity index (χ0) is 42.2. The van der Waals surface area contributed by atoms with Crippen LogP contribution in [-0.4, -0.2) is 17.2 Å². The summed E-state index contributed by atoms with van der Waals surface area (Å²) in [5.74, 6) is 0. The number of fused-ring (bicyclic) bond motifs is 9. The van der Waals surface area contributed by atoms with E-state index in [9.17, 15) is 0 Å². The minimum absolute atomic E-state index is 1.15. The van der Waals surface area contributed by atoms with Crippen LogP contribution in [-0.2, 0) is 0 Å². The molecule has 3 heterocycles. The first kappa shape index (κ1) is 36.9. The summed E-state index contributed by atoms with van der Waals surface area (Å²) < 4.78 is 7.66. The number of rotatable bonds is 7. The SMILES string of the molecule is c1ccc([Si](c2ccccc2)(c2ccccc2)c2cccc(-n3c4ccccc4c4c(-n5c6ccccc6c6c(-c7ccc8c(c7)sc7ccccc78)cccc65)cccc43)c2)cc1. The second-order valence-electron chi connectivity index (χ2n) is 16.8. The van der Waals surface area contributed by atoms with Crippen molar-refractivity contribution < 1.29 is 0 Å². The molecule has 0 aliphatic rings. The van der Waals surface area contributed by atoms with Gasteiger partial charge in [0.1, 0.15) is 0 Å². The maximum absolute atomic E-state index is 2.77. The first-order valence-electron chi connectivity index (χ1n) is 22.0. The lowest BCUT2D eigenvalue weighted by molar-refractivity contribution is 1.17. The third-order valence-corrected chi connectivity index (χ3v) is 19.4. The van der Waals surface area contributed by atoms with Crippen LogP contribution >= 0.6 is 11.3 Å². The maximum Gasteiger partial charge on any atom is 0.179 e. The standard InChI is InChI=1S/C60H40N2SSi/c1-4-20-43(21-5-1)64(44-22-6-2-7-23-44,45-24-8-3-9-25-45)46-26-16-19-42(40-46)61-52-31-13-11-29-51(52)60-55(61)34-18-35-56(60)62-53-32-14-10-28-50(53)59-47(30-17-33-54(59)62)41-37-38-49-48-27-12-15-36-57(48)63-58(49)39-41/h1-40H. The van der Waals surface area contributed by atoms with E-state index in [1.807, 2.05) is 11.3 Å². The van der Waals surface area contributed by atoms with Gasteiger partial charge >= 0.3 is 0 Å². The van der Waals surface area contributed by atoms with Crippen molar-refractivity contribution in [1.29, 1.82) is 0 Å². The van der Waals surface area contributed by atoms with Crippen LogP contribution in [0.15, 0.2) is 243 Å². The molecule has 13 aromatic rings. The second kappa shape index (κ2) is 14.7. The van der Waals surface area contributed by atoms with Crippen molar-refractivity contribution in [3.63, 3.8) is 0 Å². The Morgan fingerprint density at radius 2 is 0.812 bits per heavy atom. The number of benzene rings is 10. The molecule has 2 nitrogen and oxygen atoms in total. The highest BCUT2D eigenvalue weighted by molar-refractivity contribution is 7.25. The topological polar surface area (TPSA) is 9.86 Å². The van der Waals surface area contributed by atoms with Crippen LogP contribution in [0.2, 0.25) is 0 Å². The first-order valence-corrected chi connectivity index (χ1v) is 24.8. The predicted molar refractivity (Wildman–Crippen MR) is 277 cm³/mol. The van der Waals surface area contributed by atoms with E-state index in [1.165, 1.54) is 101 Å². The smallest absolute Gasteiger partial charge is 0.179 e. The van der Waals surface area contributed by atoms with E-state index in [2.05, 4.69) is 252 Å². The van der Waals surface area contributed by atoms with E-state index in [0.29, 0.717) is 0 Å². The highest BCUT2D eigenvalue weighted by Gasteiger charge is 2.41. The predicted octanol–water partition coefficient (Wildman–Crippen LogP) is 13.3. The summed E-state index contributed by atoms with van der Waals surface area (Å²) in [7, 11) is -2.77. The number of para-hydroxylation sites is 2. The molecule has 0 N–H and O–H groups in total. The van der Waals surface area contributed by atoms with Gasteiger partial charge in [0.15, 0.2) is 8.07 Å². The molecule has 0 fully saturated rings. The minimum atomic E-state index is -2.77. The Labute approximate surface area is 376 Å². The molecular weight excluding hydrogens is 809 g/mol. The molecule has 0 amide bonds. The van der Waals surface area contributed by atoms with Crippen molar-refractivity contribution in [3.05, 3.63) is 243 Å². The molecule has 10 aromatic carbocycles.